The highest BCUT2D eigenvalue weighted by Gasteiger charge is 2.19. The molecule has 1 heterocycles. The van der Waals surface area contributed by atoms with Crippen molar-refractivity contribution in [1.29, 1.82) is 0 Å². The molecule has 0 spiro atoms. The van der Waals surface area contributed by atoms with E-state index in [0.29, 0.717) is 16.6 Å². The molecule has 1 aromatic heterocycles. The predicted octanol–water partition coefficient (Wildman–Crippen LogP) is -0.486. The number of benzene rings is 1. The summed E-state index contributed by atoms with van der Waals surface area (Å²) in [6, 6.07) is 4.88. The van der Waals surface area contributed by atoms with Gasteiger partial charge in [0.2, 0.25) is 15.9 Å². The van der Waals surface area contributed by atoms with Gasteiger partial charge in [-0.2, -0.15) is 0 Å². The average Bonchev–Trinajstić information content (AvgIpc) is 2.70. The highest BCUT2D eigenvalue weighted by atomic mass is 32.2. The number of hydrogen-bond acceptors (Lipinski definition) is 4. The number of rotatable bonds is 4. The zero-order chi connectivity index (χ0) is 13.3. The van der Waals surface area contributed by atoms with E-state index in [2.05, 4.69) is 9.71 Å². The lowest BCUT2D eigenvalue weighted by Gasteiger charge is -2.03. The Labute approximate surface area is 103 Å². The van der Waals surface area contributed by atoms with E-state index in [-0.39, 0.29) is 4.90 Å². The number of aromatic amines is 1. The lowest BCUT2D eigenvalue weighted by Crippen LogP contribution is -2.33. The zero-order valence-electron chi connectivity index (χ0n) is 9.30. The van der Waals surface area contributed by atoms with Gasteiger partial charge in [-0.15, -0.1) is 0 Å². The van der Waals surface area contributed by atoms with E-state index in [0.717, 1.165) is 0 Å². The summed E-state index contributed by atoms with van der Waals surface area (Å²) in [7, 11) is -3.79. The van der Waals surface area contributed by atoms with Crippen LogP contribution in [-0.4, -0.2) is 25.9 Å². The summed E-state index contributed by atoms with van der Waals surface area (Å²) >= 11 is 0. The van der Waals surface area contributed by atoms with Crippen molar-refractivity contribution >= 4 is 32.5 Å². The van der Waals surface area contributed by atoms with Crippen molar-refractivity contribution in [3.8, 4) is 0 Å². The Bertz CT molecular complexity index is 705. The predicted molar refractivity (Wildman–Crippen MR) is 67.1 cm³/mol. The number of H-pyrrole nitrogens is 1. The van der Waals surface area contributed by atoms with E-state index >= 15 is 0 Å². The molecule has 0 aliphatic rings. The van der Waals surface area contributed by atoms with Gasteiger partial charge in [0.25, 0.3) is 0 Å². The van der Waals surface area contributed by atoms with Crippen molar-refractivity contribution in [2.45, 2.75) is 4.90 Å². The van der Waals surface area contributed by atoms with E-state index < -0.39 is 22.5 Å². The Morgan fingerprint density at radius 1 is 1.39 bits per heavy atom. The van der Waals surface area contributed by atoms with Gasteiger partial charge in [-0.1, -0.05) is 0 Å². The molecule has 18 heavy (non-hydrogen) atoms. The molecule has 0 aliphatic heterocycles. The number of hydrogen-bond donors (Lipinski definition) is 4. The molecule has 0 radical (unpaired) electrons. The molecule has 96 valence electrons. The molecule has 0 atom stereocenters. The standard InChI is InChI=1S/C10H12N4O3S/c11-6-1-2-8-7(3-6)9(4-13-8)18(16,17)14-5-10(12)15/h1-4,13-14H,5,11H2,(H2,12,15). The molecule has 0 bridgehead atoms. The lowest BCUT2D eigenvalue weighted by atomic mass is 10.2. The normalized spacial score (nSPS) is 11.8. The first-order valence-electron chi connectivity index (χ1n) is 5.05. The molecule has 0 aliphatic carbocycles. The number of anilines is 1. The minimum atomic E-state index is -3.79. The average molecular weight is 268 g/mol. The molecule has 1 amide bonds. The summed E-state index contributed by atoms with van der Waals surface area (Å²) in [4.78, 5) is 13.5. The Hall–Kier alpha value is -2.06. The third kappa shape index (κ3) is 2.29. The minimum Gasteiger partial charge on any atom is -0.399 e. The number of nitrogens with one attached hydrogen (secondary N) is 2. The maximum absolute atomic E-state index is 11.9. The third-order valence-corrected chi connectivity index (χ3v) is 3.83. The van der Waals surface area contributed by atoms with Crippen LogP contribution < -0.4 is 16.2 Å². The fourth-order valence-electron chi connectivity index (χ4n) is 1.58. The number of carbonyl (C=O) groups is 1. The number of nitrogens with two attached hydrogens (primary N) is 2. The third-order valence-electron chi connectivity index (χ3n) is 2.39. The van der Waals surface area contributed by atoms with Gasteiger partial charge in [-0.3, -0.25) is 4.79 Å². The molecule has 0 unspecified atom stereocenters. The second-order valence-corrected chi connectivity index (χ2v) is 5.48. The molecule has 2 aromatic rings. The van der Waals surface area contributed by atoms with Gasteiger partial charge in [0, 0.05) is 22.8 Å². The number of nitrogen functional groups attached to an aromatic ring is 1. The van der Waals surface area contributed by atoms with Crippen molar-refractivity contribution < 1.29 is 13.2 Å². The quantitative estimate of drug-likeness (QED) is 0.557. The molecular formula is C10H12N4O3S. The van der Waals surface area contributed by atoms with E-state index in [4.69, 9.17) is 11.5 Å². The molecule has 1 aromatic carbocycles. The number of sulfonamides is 1. The van der Waals surface area contributed by atoms with Crippen molar-refractivity contribution in [3.63, 3.8) is 0 Å². The van der Waals surface area contributed by atoms with Crippen LogP contribution in [0, 0.1) is 0 Å². The summed E-state index contributed by atoms with van der Waals surface area (Å²) in [5.74, 6) is -0.752. The van der Waals surface area contributed by atoms with Crippen LogP contribution in [0.3, 0.4) is 0 Å². The topological polar surface area (TPSA) is 131 Å². The highest BCUT2D eigenvalue weighted by molar-refractivity contribution is 7.89. The van der Waals surface area contributed by atoms with Crippen LogP contribution in [-0.2, 0) is 14.8 Å². The SMILES string of the molecule is NC(=O)CNS(=O)(=O)c1c[nH]c2ccc(N)cc12. The first-order chi connectivity index (χ1) is 8.40. The van der Waals surface area contributed by atoms with Crippen molar-refractivity contribution in [1.82, 2.24) is 9.71 Å². The Morgan fingerprint density at radius 3 is 2.78 bits per heavy atom. The number of primary amides is 1. The second kappa shape index (κ2) is 4.31. The Balaban J connectivity index is 2.47. The maximum Gasteiger partial charge on any atom is 0.243 e. The lowest BCUT2D eigenvalue weighted by molar-refractivity contribution is -0.116. The van der Waals surface area contributed by atoms with Gasteiger partial charge in [0.15, 0.2) is 0 Å². The van der Waals surface area contributed by atoms with Gasteiger partial charge < -0.3 is 16.5 Å². The van der Waals surface area contributed by atoms with Crippen molar-refractivity contribution in [2.75, 3.05) is 12.3 Å². The van der Waals surface area contributed by atoms with Crippen molar-refractivity contribution in [2.24, 2.45) is 5.73 Å². The molecule has 0 saturated heterocycles. The van der Waals surface area contributed by atoms with Crippen LogP contribution >= 0.6 is 0 Å². The van der Waals surface area contributed by atoms with E-state index in [9.17, 15) is 13.2 Å². The van der Waals surface area contributed by atoms with E-state index in [1.807, 2.05) is 0 Å². The summed E-state index contributed by atoms with van der Waals surface area (Å²) in [5.41, 5.74) is 11.6. The van der Waals surface area contributed by atoms with Crippen LogP contribution in [0.2, 0.25) is 0 Å². The summed E-state index contributed by atoms with van der Waals surface area (Å²) in [5, 5.41) is 0.465. The number of aromatic nitrogens is 1. The molecule has 8 heteroatoms. The van der Waals surface area contributed by atoms with Crippen LogP contribution in [0.15, 0.2) is 29.3 Å². The molecule has 2 rings (SSSR count). The first kappa shape index (κ1) is 12.4. The highest BCUT2D eigenvalue weighted by Crippen LogP contribution is 2.24. The molecule has 0 fully saturated rings. The number of amides is 1. The van der Waals surface area contributed by atoms with E-state index in [1.54, 1.807) is 18.2 Å². The summed E-state index contributed by atoms with van der Waals surface area (Å²) in [6.45, 7) is -0.447. The fraction of sp³-hybridized carbons (Fsp3) is 0.100. The maximum atomic E-state index is 11.9. The zero-order valence-corrected chi connectivity index (χ0v) is 10.1. The molecule has 6 N–H and O–H groups in total. The Morgan fingerprint density at radius 2 is 2.11 bits per heavy atom. The Kier molecular flexibility index (Phi) is 2.97. The van der Waals surface area contributed by atoms with Gasteiger partial charge in [-0.05, 0) is 18.2 Å². The van der Waals surface area contributed by atoms with Gasteiger partial charge in [0.1, 0.15) is 4.90 Å². The molecule has 7 nitrogen and oxygen atoms in total. The van der Waals surface area contributed by atoms with Crippen LogP contribution in [0.5, 0.6) is 0 Å². The fourth-order valence-corrected chi connectivity index (χ4v) is 2.74. The first-order valence-corrected chi connectivity index (χ1v) is 6.53. The summed E-state index contributed by atoms with van der Waals surface area (Å²) < 4.78 is 26.0. The van der Waals surface area contributed by atoms with Crippen LogP contribution in [0.25, 0.3) is 10.9 Å². The smallest absolute Gasteiger partial charge is 0.243 e. The van der Waals surface area contributed by atoms with Gasteiger partial charge in [0.05, 0.1) is 6.54 Å². The second-order valence-electron chi connectivity index (χ2n) is 3.75. The van der Waals surface area contributed by atoms with E-state index in [1.165, 1.54) is 6.20 Å². The monoisotopic (exact) mass is 268 g/mol. The number of fused-ring (bicyclic) bond motifs is 1. The molecular weight excluding hydrogens is 256 g/mol. The number of carbonyl (C=O) groups excluding carboxylic acids is 1. The van der Waals surface area contributed by atoms with Crippen molar-refractivity contribution in [3.05, 3.63) is 24.4 Å². The van der Waals surface area contributed by atoms with Crippen LogP contribution in [0.4, 0.5) is 5.69 Å². The minimum absolute atomic E-state index is 0.0334. The molecule has 0 saturated carbocycles. The van der Waals surface area contributed by atoms with Gasteiger partial charge in [-0.25, -0.2) is 13.1 Å². The van der Waals surface area contributed by atoms with Gasteiger partial charge >= 0.3 is 0 Å². The largest absolute Gasteiger partial charge is 0.399 e. The summed E-state index contributed by atoms with van der Waals surface area (Å²) in [6.07, 6.45) is 1.34. The van der Waals surface area contributed by atoms with Crippen LogP contribution in [0.1, 0.15) is 0 Å².